The fourth-order valence-electron chi connectivity index (χ4n) is 3.86. The van der Waals surface area contributed by atoms with Crippen LogP contribution in [0, 0.1) is 0 Å². The van der Waals surface area contributed by atoms with Crippen LogP contribution in [0.25, 0.3) is 22.5 Å². The van der Waals surface area contributed by atoms with Crippen LogP contribution < -0.4 is 16.0 Å². The van der Waals surface area contributed by atoms with Crippen LogP contribution in [0.3, 0.4) is 0 Å². The Morgan fingerprint density at radius 1 is 1.03 bits per heavy atom. The van der Waals surface area contributed by atoms with Crippen LogP contribution in [0.1, 0.15) is 62.2 Å². The van der Waals surface area contributed by atoms with E-state index in [1.54, 1.807) is 6.07 Å². The van der Waals surface area contributed by atoms with Crippen molar-refractivity contribution in [2.75, 3.05) is 13.1 Å². The number of benzene rings is 2. The molecular formula is C27H34N4O5. The lowest BCUT2D eigenvalue weighted by Gasteiger charge is -2.13. The molecule has 0 saturated heterocycles. The zero-order chi connectivity index (χ0) is 26.4. The molecule has 0 aliphatic rings. The molecule has 0 radical (unpaired) electrons. The summed E-state index contributed by atoms with van der Waals surface area (Å²) in [6.07, 6.45) is 0. The van der Waals surface area contributed by atoms with Crippen molar-refractivity contribution in [1.82, 2.24) is 21.1 Å². The Bertz CT molecular complexity index is 1220. The molecule has 3 rings (SSSR count). The van der Waals surface area contributed by atoms with Gasteiger partial charge in [-0.15, -0.1) is 0 Å². The minimum Gasteiger partial charge on any atom is -0.508 e. The van der Waals surface area contributed by atoms with Gasteiger partial charge in [-0.25, -0.2) is 0 Å². The molecule has 192 valence electrons. The summed E-state index contributed by atoms with van der Waals surface area (Å²) in [5.41, 5.74) is 3.12. The third kappa shape index (κ3) is 6.23. The van der Waals surface area contributed by atoms with Crippen molar-refractivity contribution in [1.29, 1.82) is 0 Å². The Morgan fingerprint density at radius 2 is 1.72 bits per heavy atom. The fourth-order valence-corrected chi connectivity index (χ4v) is 3.86. The Kier molecular flexibility index (Phi) is 8.71. The van der Waals surface area contributed by atoms with E-state index in [9.17, 15) is 19.8 Å². The standard InChI is InChI=1S/C27H34N4O5/c1-6-29-27(35)25-24(18-9-7-17(8-10-18)13-28-14-23(34)30-16(4)5)26(36-31-25)20-11-19(15(2)3)21(32)12-22(20)33/h7-12,15-16,28,32-33H,6,13-14H2,1-5H3,(H,29,35)(H,30,34). The van der Waals surface area contributed by atoms with E-state index in [1.165, 1.54) is 6.07 Å². The topological polar surface area (TPSA) is 137 Å². The van der Waals surface area contributed by atoms with Gasteiger partial charge in [-0.1, -0.05) is 43.3 Å². The van der Waals surface area contributed by atoms with E-state index in [-0.39, 0.29) is 47.4 Å². The molecule has 0 fully saturated rings. The molecule has 9 heteroatoms. The number of amides is 2. The molecule has 5 N–H and O–H groups in total. The summed E-state index contributed by atoms with van der Waals surface area (Å²) in [7, 11) is 0. The molecule has 3 aromatic rings. The number of carbonyl (C=O) groups is 2. The SMILES string of the molecule is CCNC(=O)c1noc(-c2cc(C(C)C)c(O)cc2O)c1-c1ccc(CNCC(=O)NC(C)C)cc1. The second-order valence-electron chi connectivity index (χ2n) is 9.20. The average Bonchev–Trinajstić information content (AvgIpc) is 3.24. The second kappa shape index (κ2) is 11.7. The Hall–Kier alpha value is -3.85. The molecule has 9 nitrogen and oxygen atoms in total. The summed E-state index contributed by atoms with van der Waals surface area (Å²) < 4.78 is 5.60. The van der Waals surface area contributed by atoms with Gasteiger partial charge in [-0.2, -0.15) is 0 Å². The largest absolute Gasteiger partial charge is 0.508 e. The molecule has 0 aliphatic heterocycles. The van der Waals surface area contributed by atoms with Crippen molar-refractivity contribution < 1.29 is 24.3 Å². The lowest BCUT2D eigenvalue weighted by Crippen LogP contribution is -2.37. The molecule has 2 amide bonds. The van der Waals surface area contributed by atoms with Crippen molar-refractivity contribution in [3.8, 4) is 33.9 Å². The average molecular weight is 495 g/mol. The smallest absolute Gasteiger partial charge is 0.274 e. The zero-order valence-corrected chi connectivity index (χ0v) is 21.3. The van der Waals surface area contributed by atoms with Crippen molar-refractivity contribution >= 4 is 11.8 Å². The number of hydrogen-bond acceptors (Lipinski definition) is 7. The summed E-state index contributed by atoms with van der Waals surface area (Å²) in [6, 6.07) is 10.5. The summed E-state index contributed by atoms with van der Waals surface area (Å²) in [5.74, 6) is -0.448. The molecule has 2 aromatic carbocycles. The van der Waals surface area contributed by atoms with Crippen molar-refractivity contribution in [3.63, 3.8) is 0 Å². The van der Waals surface area contributed by atoms with E-state index in [0.717, 1.165) is 5.56 Å². The molecule has 1 aromatic heterocycles. The molecular weight excluding hydrogens is 460 g/mol. The van der Waals surface area contributed by atoms with Gasteiger partial charge in [0.05, 0.1) is 17.7 Å². The van der Waals surface area contributed by atoms with E-state index in [4.69, 9.17) is 4.52 Å². The van der Waals surface area contributed by atoms with Crippen LogP contribution in [-0.2, 0) is 11.3 Å². The van der Waals surface area contributed by atoms with Crippen LogP contribution in [0.15, 0.2) is 40.9 Å². The van der Waals surface area contributed by atoms with E-state index < -0.39 is 5.91 Å². The van der Waals surface area contributed by atoms with Crippen molar-refractivity contribution in [2.24, 2.45) is 0 Å². The van der Waals surface area contributed by atoms with Gasteiger partial charge in [0.15, 0.2) is 11.5 Å². The normalized spacial score (nSPS) is 11.2. The highest BCUT2D eigenvalue weighted by atomic mass is 16.5. The minimum absolute atomic E-state index is 0.00650. The Labute approximate surface area is 210 Å². The predicted molar refractivity (Wildman–Crippen MR) is 138 cm³/mol. The van der Waals surface area contributed by atoms with Crippen LogP contribution >= 0.6 is 0 Å². The Balaban J connectivity index is 1.96. The first-order valence-electron chi connectivity index (χ1n) is 12.1. The molecule has 0 aliphatic carbocycles. The van der Waals surface area contributed by atoms with E-state index in [1.807, 2.05) is 58.9 Å². The molecule has 36 heavy (non-hydrogen) atoms. The van der Waals surface area contributed by atoms with Crippen LogP contribution in [0.5, 0.6) is 11.5 Å². The molecule has 0 atom stereocenters. The van der Waals surface area contributed by atoms with Crippen LogP contribution in [0.4, 0.5) is 0 Å². The van der Waals surface area contributed by atoms with Gasteiger partial charge in [-0.05, 0) is 49.4 Å². The maximum Gasteiger partial charge on any atom is 0.274 e. The van der Waals surface area contributed by atoms with E-state index >= 15 is 0 Å². The third-order valence-electron chi connectivity index (χ3n) is 5.56. The number of carbonyl (C=O) groups excluding carboxylic acids is 2. The van der Waals surface area contributed by atoms with Crippen molar-refractivity contribution in [3.05, 3.63) is 53.2 Å². The lowest BCUT2D eigenvalue weighted by molar-refractivity contribution is -0.120. The lowest BCUT2D eigenvalue weighted by atomic mass is 9.94. The van der Waals surface area contributed by atoms with Gasteiger partial charge >= 0.3 is 0 Å². The summed E-state index contributed by atoms with van der Waals surface area (Å²) >= 11 is 0. The molecule has 0 saturated carbocycles. The quantitative estimate of drug-likeness (QED) is 0.288. The maximum atomic E-state index is 12.8. The van der Waals surface area contributed by atoms with Gasteiger partial charge in [-0.3, -0.25) is 9.59 Å². The first-order valence-corrected chi connectivity index (χ1v) is 12.1. The monoisotopic (exact) mass is 494 g/mol. The van der Waals surface area contributed by atoms with E-state index in [0.29, 0.717) is 35.3 Å². The number of nitrogens with zero attached hydrogens (tertiary/aromatic N) is 1. The molecule has 0 bridgehead atoms. The first-order chi connectivity index (χ1) is 17.1. The summed E-state index contributed by atoms with van der Waals surface area (Å²) in [6.45, 7) is 10.6. The van der Waals surface area contributed by atoms with E-state index in [2.05, 4.69) is 21.1 Å². The number of phenols is 2. The fraction of sp³-hybridized carbons (Fsp3) is 0.370. The summed E-state index contributed by atoms with van der Waals surface area (Å²) in [5, 5.41) is 33.6. The van der Waals surface area contributed by atoms with Gasteiger partial charge in [0, 0.05) is 25.2 Å². The maximum absolute atomic E-state index is 12.8. The Morgan fingerprint density at radius 3 is 2.33 bits per heavy atom. The number of hydrogen-bond donors (Lipinski definition) is 5. The third-order valence-corrected chi connectivity index (χ3v) is 5.56. The van der Waals surface area contributed by atoms with Crippen LogP contribution in [0.2, 0.25) is 0 Å². The number of aromatic hydroxyl groups is 2. The van der Waals surface area contributed by atoms with Gasteiger partial charge < -0.3 is 30.7 Å². The molecule has 0 spiro atoms. The molecule has 0 unspecified atom stereocenters. The number of phenolic OH excluding ortho intramolecular Hbond substituents is 2. The predicted octanol–water partition coefficient (Wildman–Crippen LogP) is 3.91. The highest BCUT2D eigenvalue weighted by molar-refractivity contribution is 6.02. The van der Waals surface area contributed by atoms with Gasteiger partial charge in [0.1, 0.15) is 11.5 Å². The molecule has 1 heterocycles. The number of rotatable bonds is 10. The van der Waals surface area contributed by atoms with Crippen LogP contribution in [-0.4, -0.2) is 46.3 Å². The first kappa shape index (κ1) is 26.7. The second-order valence-corrected chi connectivity index (χ2v) is 9.20. The van der Waals surface area contributed by atoms with Gasteiger partial charge in [0.2, 0.25) is 5.91 Å². The summed E-state index contributed by atoms with van der Waals surface area (Å²) in [4.78, 5) is 24.6. The highest BCUT2D eigenvalue weighted by Gasteiger charge is 2.27. The number of nitrogens with one attached hydrogen (secondary N) is 3. The van der Waals surface area contributed by atoms with Gasteiger partial charge in [0.25, 0.3) is 5.91 Å². The minimum atomic E-state index is -0.397. The highest BCUT2D eigenvalue weighted by Crippen LogP contribution is 2.43. The number of aromatic nitrogens is 1. The van der Waals surface area contributed by atoms with Crippen molar-refractivity contribution in [2.45, 2.75) is 53.1 Å². The zero-order valence-electron chi connectivity index (χ0n) is 21.3.